The van der Waals surface area contributed by atoms with E-state index in [1.165, 1.54) is 6.92 Å². The van der Waals surface area contributed by atoms with Gasteiger partial charge in [0, 0.05) is 12.3 Å². The lowest BCUT2D eigenvalue weighted by Crippen LogP contribution is -2.59. The summed E-state index contributed by atoms with van der Waals surface area (Å²) in [6.07, 6.45) is 0. The number of benzene rings is 2. The van der Waals surface area contributed by atoms with E-state index < -0.39 is 10.5 Å². The van der Waals surface area contributed by atoms with E-state index in [1.54, 1.807) is 11.8 Å². The fraction of sp³-hybridized carbons (Fsp3) is 0.409. The maximum absolute atomic E-state index is 11.6. The summed E-state index contributed by atoms with van der Waals surface area (Å²) < 4.78 is 18.6. The van der Waals surface area contributed by atoms with Gasteiger partial charge in [0.15, 0.2) is 10.4 Å². The lowest BCUT2D eigenvalue weighted by Gasteiger charge is -2.53. The summed E-state index contributed by atoms with van der Waals surface area (Å²) in [5.74, 6) is -0.303. The summed E-state index contributed by atoms with van der Waals surface area (Å²) in [6, 6.07) is 20.4. The van der Waals surface area contributed by atoms with Crippen LogP contribution in [0.2, 0.25) is 0 Å². The summed E-state index contributed by atoms with van der Waals surface area (Å²) in [4.78, 5) is 10.8. The van der Waals surface area contributed by atoms with E-state index in [-0.39, 0.29) is 16.8 Å². The summed E-state index contributed by atoms with van der Waals surface area (Å²) in [5.41, 5.74) is 0.534. The van der Waals surface area contributed by atoms with Gasteiger partial charge in [0.2, 0.25) is 0 Å². The predicted octanol–water partition coefficient (Wildman–Crippen LogP) is 3.62. The van der Waals surface area contributed by atoms with Crippen LogP contribution < -0.4 is 0 Å². The van der Waals surface area contributed by atoms with Crippen LogP contribution in [0.4, 0.5) is 0 Å². The van der Waals surface area contributed by atoms with Crippen LogP contribution in [0, 0.1) is 5.41 Å². The predicted molar refractivity (Wildman–Crippen MR) is 116 cm³/mol. The van der Waals surface area contributed by atoms with Crippen LogP contribution in [0.15, 0.2) is 60.7 Å². The monoisotopic (exact) mass is 416 g/mol. The van der Waals surface area contributed by atoms with Gasteiger partial charge >= 0.3 is 5.97 Å². The number of carbonyl (C=O) groups is 1. The zero-order valence-corrected chi connectivity index (χ0v) is 19.9. The average molecular weight is 417 g/mol. The summed E-state index contributed by atoms with van der Waals surface area (Å²) in [6.45, 7) is 8.21. The fourth-order valence-corrected chi connectivity index (χ4v) is 6.62. The Balaban J connectivity index is 2.26. The number of hydrogen-bond donors (Lipinski definition) is 0. The first-order valence-corrected chi connectivity index (χ1v) is 11.1. The van der Waals surface area contributed by atoms with Crippen molar-refractivity contribution in [1.29, 1.82) is 0 Å². The second-order valence-electron chi connectivity index (χ2n) is 7.95. The van der Waals surface area contributed by atoms with Crippen molar-refractivity contribution < 1.29 is 18.7 Å². The maximum Gasteiger partial charge on any atom is 0.303 e. The average Bonchev–Trinajstić information content (AvgIpc) is 3.09. The summed E-state index contributed by atoms with van der Waals surface area (Å²) >= 11 is 1.55. The van der Waals surface area contributed by atoms with Crippen LogP contribution in [0.5, 0.6) is 0 Å². The van der Waals surface area contributed by atoms with Gasteiger partial charge in [-0.15, -0.1) is 0 Å². The van der Waals surface area contributed by atoms with Crippen molar-refractivity contribution in [3.63, 3.8) is 0 Å². The number of esters is 1. The molecule has 28 heavy (non-hydrogen) atoms. The molecule has 0 bridgehead atoms. The zero-order chi connectivity index (χ0) is 20.4. The van der Waals surface area contributed by atoms with E-state index in [1.807, 2.05) is 36.4 Å². The lowest BCUT2D eigenvalue weighted by molar-refractivity contribution is -0.154. The van der Waals surface area contributed by atoms with Gasteiger partial charge < -0.3 is 13.9 Å². The molecule has 2 aromatic rings. The topological polar surface area (TPSA) is 44.8 Å². The highest BCUT2D eigenvalue weighted by molar-refractivity contribution is 8.01. The molecule has 0 spiro atoms. The number of ether oxygens (including phenoxy) is 2. The molecule has 0 amide bonds. The number of carbonyl (C=O) groups excluding carboxylic acids is 1. The fourth-order valence-electron chi connectivity index (χ4n) is 4.05. The SMILES string of the molecule is CC(=O)OC1CO[C@@](C(C)(C)C)(C(O[SiH3])(c2ccccc2)c2ccccc2)S1. The lowest BCUT2D eigenvalue weighted by atomic mass is 9.70. The standard InChI is InChI=1S/C22H28O4SSi/c1-16(23)25-19-15-24-22(27-19,20(2,3)4)21(26-28,17-11-7-5-8-12-17)18-13-9-6-10-14-18/h5-14,19H,15H2,1-4,28H3/t19?,22-/m1/s1. The van der Waals surface area contributed by atoms with Gasteiger partial charge in [-0.1, -0.05) is 93.2 Å². The Morgan fingerprint density at radius 1 is 1.07 bits per heavy atom. The first-order chi connectivity index (χ1) is 13.3. The first-order valence-electron chi connectivity index (χ1n) is 9.42. The Kier molecular flexibility index (Phi) is 6.05. The highest BCUT2D eigenvalue weighted by Crippen LogP contribution is 2.62. The Hall–Kier alpha value is -1.60. The third-order valence-electron chi connectivity index (χ3n) is 5.14. The Bertz CT molecular complexity index is 767. The second kappa shape index (κ2) is 8.03. The molecule has 4 nitrogen and oxygen atoms in total. The molecule has 1 fully saturated rings. The normalized spacial score (nSPS) is 22.9. The van der Waals surface area contributed by atoms with Crippen molar-refractivity contribution in [2.24, 2.45) is 5.41 Å². The van der Waals surface area contributed by atoms with Gasteiger partial charge in [-0.05, 0) is 11.1 Å². The molecule has 0 radical (unpaired) electrons. The molecule has 1 saturated heterocycles. The summed E-state index contributed by atoms with van der Waals surface area (Å²) in [7, 11) is 0.508. The molecule has 6 heteroatoms. The minimum atomic E-state index is -0.834. The van der Waals surface area contributed by atoms with E-state index in [9.17, 15) is 4.79 Å². The first kappa shape index (κ1) is 21.1. The van der Waals surface area contributed by atoms with Gasteiger partial charge in [0.1, 0.15) is 16.1 Å². The molecular formula is C22H28O4SSi. The smallest absolute Gasteiger partial charge is 0.303 e. The zero-order valence-electron chi connectivity index (χ0n) is 17.1. The van der Waals surface area contributed by atoms with Gasteiger partial charge in [0.05, 0.1) is 6.61 Å². The highest BCUT2D eigenvalue weighted by atomic mass is 32.2. The van der Waals surface area contributed by atoms with Crippen molar-refractivity contribution in [2.45, 2.75) is 43.7 Å². The second-order valence-corrected chi connectivity index (χ2v) is 9.70. The molecule has 1 heterocycles. The largest absolute Gasteiger partial charge is 0.449 e. The maximum atomic E-state index is 11.6. The van der Waals surface area contributed by atoms with Crippen LogP contribution in [0.3, 0.4) is 0 Å². The molecule has 2 aromatic carbocycles. The van der Waals surface area contributed by atoms with Crippen LogP contribution in [-0.4, -0.2) is 33.4 Å². The Morgan fingerprint density at radius 3 is 1.96 bits per heavy atom. The van der Waals surface area contributed by atoms with Crippen molar-refractivity contribution >= 4 is 28.2 Å². The molecule has 0 aromatic heterocycles. The van der Waals surface area contributed by atoms with Gasteiger partial charge in [-0.25, -0.2) is 0 Å². The van der Waals surface area contributed by atoms with E-state index >= 15 is 0 Å². The van der Waals surface area contributed by atoms with E-state index in [0.717, 1.165) is 11.1 Å². The van der Waals surface area contributed by atoms with E-state index in [4.69, 9.17) is 13.9 Å². The third-order valence-corrected chi connectivity index (χ3v) is 7.59. The van der Waals surface area contributed by atoms with Gasteiger partial charge in [-0.2, -0.15) is 0 Å². The molecule has 0 aliphatic carbocycles. The molecule has 1 unspecified atom stereocenters. The van der Waals surface area contributed by atoms with Crippen molar-refractivity contribution in [3.8, 4) is 0 Å². The number of hydrogen-bond acceptors (Lipinski definition) is 5. The quantitative estimate of drug-likeness (QED) is 0.550. The third kappa shape index (κ3) is 3.43. The summed E-state index contributed by atoms with van der Waals surface area (Å²) in [5, 5.41) is 0. The molecule has 0 N–H and O–H groups in total. The van der Waals surface area contributed by atoms with Crippen molar-refractivity contribution in [1.82, 2.24) is 0 Å². The van der Waals surface area contributed by atoms with Crippen LogP contribution in [0.1, 0.15) is 38.8 Å². The van der Waals surface area contributed by atoms with Crippen molar-refractivity contribution in [3.05, 3.63) is 71.8 Å². The number of thioether (sulfide) groups is 1. The minimum absolute atomic E-state index is 0.303. The van der Waals surface area contributed by atoms with Crippen LogP contribution >= 0.6 is 11.8 Å². The van der Waals surface area contributed by atoms with E-state index in [2.05, 4.69) is 45.0 Å². The van der Waals surface area contributed by atoms with Crippen LogP contribution in [0.25, 0.3) is 0 Å². The highest BCUT2D eigenvalue weighted by Gasteiger charge is 2.65. The Labute approximate surface area is 174 Å². The van der Waals surface area contributed by atoms with E-state index in [0.29, 0.717) is 17.1 Å². The molecule has 1 aliphatic rings. The molecule has 1 aliphatic heterocycles. The molecular weight excluding hydrogens is 388 g/mol. The van der Waals surface area contributed by atoms with Crippen molar-refractivity contribution in [2.75, 3.05) is 6.61 Å². The molecule has 0 saturated carbocycles. The van der Waals surface area contributed by atoms with Gasteiger partial charge in [0.25, 0.3) is 0 Å². The van der Waals surface area contributed by atoms with Crippen LogP contribution in [-0.2, 0) is 24.3 Å². The molecule has 2 atom stereocenters. The number of rotatable bonds is 5. The molecule has 150 valence electrons. The molecule has 3 rings (SSSR count). The Morgan fingerprint density at radius 2 is 1.57 bits per heavy atom. The van der Waals surface area contributed by atoms with Gasteiger partial charge in [-0.3, -0.25) is 4.79 Å². The minimum Gasteiger partial charge on any atom is -0.449 e.